The van der Waals surface area contributed by atoms with Crippen LogP contribution in [-0.2, 0) is 16.0 Å². The molecule has 2 fully saturated rings. The highest BCUT2D eigenvalue weighted by atomic mass is 35.5. The molecule has 0 saturated carbocycles. The van der Waals surface area contributed by atoms with Crippen LogP contribution in [0, 0.1) is 0 Å². The summed E-state index contributed by atoms with van der Waals surface area (Å²) in [5.41, 5.74) is 3.39. The van der Waals surface area contributed by atoms with Gasteiger partial charge in [0, 0.05) is 62.1 Å². The number of carbonyl (C=O) groups excluding carboxylic acids is 2. The highest BCUT2D eigenvalue weighted by Gasteiger charge is 2.33. The minimum absolute atomic E-state index is 0.00813. The average molecular weight is 483 g/mol. The first kappa shape index (κ1) is 23.1. The van der Waals surface area contributed by atoms with Crippen molar-refractivity contribution < 1.29 is 9.59 Å². The molecule has 9 heteroatoms. The lowest BCUT2D eigenvalue weighted by molar-refractivity contribution is -0.134. The molecule has 0 bridgehead atoms. The minimum atomic E-state index is -0.335. The Hall–Kier alpha value is -2.71. The first-order valence-corrected chi connectivity index (χ1v) is 12.5. The number of nitrogens with zero attached hydrogens (tertiary/aromatic N) is 5. The van der Waals surface area contributed by atoms with Gasteiger partial charge in [-0.05, 0) is 36.5 Å². The number of carbonyl (C=O) groups is 2. The van der Waals surface area contributed by atoms with E-state index in [1.54, 1.807) is 6.33 Å². The average Bonchev–Trinajstić information content (AvgIpc) is 3.24. The van der Waals surface area contributed by atoms with Gasteiger partial charge in [-0.1, -0.05) is 30.7 Å². The third-order valence-electron chi connectivity index (χ3n) is 7.27. The molecule has 180 valence electrons. The second kappa shape index (κ2) is 9.88. The number of anilines is 1. The summed E-state index contributed by atoms with van der Waals surface area (Å²) in [6, 6.07) is 7.51. The summed E-state index contributed by atoms with van der Waals surface area (Å²) in [7, 11) is 0. The Morgan fingerprint density at radius 1 is 1.15 bits per heavy atom. The predicted octanol–water partition coefficient (Wildman–Crippen LogP) is 2.04. The van der Waals surface area contributed by atoms with E-state index in [0.29, 0.717) is 43.7 Å². The van der Waals surface area contributed by atoms with E-state index in [2.05, 4.69) is 32.0 Å². The van der Waals surface area contributed by atoms with E-state index in [1.165, 1.54) is 11.3 Å². The highest BCUT2D eigenvalue weighted by molar-refractivity contribution is 6.30. The van der Waals surface area contributed by atoms with Crippen LogP contribution < -0.4 is 10.2 Å². The molecule has 1 aromatic carbocycles. The van der Waals surface area contributed by atoms with Gasteiger partial charge in [-0.15, -0.1) is 0 Å². The molecule has 0 spiro atoms. The van der Waals surface area contributed by atoms with Gasteiger partial charge < -0.3 is 15.1 Å². The fourth-order valence-electron chi connectivity index (χ4n) is 5.36. The van der Waals surface area contributed by atoms with Crippen LogP contribution in [0.15, 0.2) is 30.6 Å². The van der Waals surface area contributed by atoms with E-state index < -0.39 is 0 Å². The maximum atomic E-state index is 13.7. The van der Waals surface area contributed by atoms with Crippen LogP contribution in [0.3, 0.4) is 0 Å². The minimum Gasteiger partial charge on any atom is -0.354 e. The number of hydrogen-bond acceptors (Lipinski definition) is 6. The first-order valence-electron chi connectivity index (χ1n) is 12.1. The summed E-state index contributed by atoms with van der Waals surface area (Å²) in [6.07, 6.45) is 3.81. The highest BCUT2D eigenvalue weighted by Crippen LogP contribution is 2.37. The molecule has 8 nitrogen and oxygen atoms in total. The van der Waals surface area contributed by atoms with Crippen molar-refractivity contribution in [2.24, 2.45) is 0 Å². The molecular weight excluding hydrogens is 452 g/mol. The monoisotopic (exact) mass is 482 g/mol. The zero-order valence-corrected chi connectivity index (χ0v) is 20.3. The van der Waals surface area contributed by atoms with Gasteiger partial charge in [-0.2, -0.15) is 0 Å². The smallest absolute Gasteiger partial charge is 0.234 e. The Labute approximate surface area is 205 Å². The molecule has 0 unspecified atom stereocenters. The first-order chi connectivity index (χ1) is 16.5. The van der Waals surface area contributed by atoms with E-state index in [0.717, 1.165) is 43.9 Å². The van der Waals surface area contributed by atoms with Crippen LogP contribution in [0.25, 0.3) is 0 Å². The fourth-order valence-corrected chi connectivity index (χ4v) is 5.49. The van der Waals surface area contributed by atoms with E-state index >= 15 is 0 Å². The number of rotatable bonds is 5. The van der Waals surface area contributed by atoms with Gasteiger partial charge in [0.15, 0.2) is 0 Å². The third-order valence-corrected chi connectivity index (χ3v) is 7.52. The number of nitrogens with one attached hydrogen (secondary N) is 1. The molecule has 2 aliphatic heterocycles. The Kier molecular flexibility index (Phi) is 6.70. The Morgan fingerprint density at radius 3 is 2.65 bits per heavy atom. The van der Waals surface area contributed by atoms with Gasteiger partial charge in [0.2, 0.25) is 11.8 Å². The van der Waals surface area contributed by atoms with Crippen LogP contribution in [0.5, 0.6) is 0 Å². The van der Waals surface area contributed by atoms with Crippen LogP contribution in [0.1, 0.15) is 42.0 Å². The van der Waals surface area contributed by atoms with Crippen LogP contribution in [0.2, 0.25) is 5.02 Å². The number of aromatic nitrogens is 2. The van der Waals surface area contributed by atoms with Gasteiger partial charge in [0.05, 0.1) is 12.5 Å². The number of piperazine rings is 2. The molecule has 2 saturated heterocycles. The van der Waals surface area contributed by atoms with E-state index in [1.807, 2.05) is 29.2 Å². The Morgan fingerprint density at radius 2 is 1.91 bits per heavy atom. The molecule has 34 heavy (non-hydrogen) atoms. The van der Waals surface area contributed by atoms with E-state index in [-0.39, 0.29) is 17.7 Å². The Balaban J connectivity index is 1.30. The summed E-state index contributed by atoms with van der Waals surface area (Å²) in [5.74, 6) is 1.29. The molecule has 3 aliphatic rings. The molecule has 5 rings (SSSR count). The molecular formula is C25H31ClN6O2. The summed E-state index contributed by atoms with van der Waals surface area (Å²) in [6.45, 7) is 7.24. The summed E-state index contributed by atoms with van der Waals surface area (Å²) in [4.78, 5) is 41.1. The number of aryl methyl sites for hydroxylation is 1. The lowest BCUT2D eigenvalue weighted by atomic mass is 9.96. The molecule has 1 aliphatic carbocycles. The van der Waals surface area contributed by atoms with E-state index in [4.69, 9.17) is 11.6 Å². The molecule has 1 aromatic heterocycles. The quantitative estimate of drug-likeness (QED) is 0.702. The van der Waals surface area contributed by atoms with Crippen LogP contribution in [0.4, 0.5) is 5.82 Å². The van der Waals surface area contributed by atoms with Crippen molar-refractivity contribution in [3.63, 3.8) is 0 Å². The maximum absolute atomic E-state index is 13.7. The number of amides is 2. The van der Waals surface area contributed by atoms with Gasteiger partial charge in [-0.3, -0.25) is 14.5 Å². The van der Waals surface area contributed by atoms with Crippen molar-refractivity contribution in [2.45, 2.75) is 31.6 Å². The molecule has 1 N–H and O–H groups in total. The van der Waals surface area contributed by atoms with Crippen molar-refractivity contribution in [3.8, 4) is 0 Å². The van der Waals surface area contributed by atoms with Crippen molar-refractivity contribution in [1.82, 2.24) is 25.1 Å². The van der Waals surface area contributed by atoms with Gasteiger partial charge in [0.1, 0.15) is 12.1 Å². The second-order valence-electron chi connectivity index (χ2n) is 9.50. The lowest BCUT2D eigenvalue weighted by Crippen LogP contribution is -2.53. The fraction of sp³-hybridized carbons (Fsp3) is 0.520. The number of hydrogen-bond donors (Lipinski definition) is 1. The number of benzene rings is 1. The van der Waals surface area contributed by atoms with Crippen molar-refractivity contribution in [3.05, 3.63) is 52.4 Å². The molecule has 2 atom stereocenters. The van der Waals surface area contributed by atoms with Crippen LogP contribution in [-0.4, -0.2) is 83.9 Å². The lowest BCUT2D eigenvalue weighted by Gasteiger charge is -2.39. The molecule has 3 heterocycles. The van der Waals surface area contributed by atoms with Gasteiger partial charge >= 0.3 is 0 Å². The van der Waals surface area contributed by atoms with Crippen molar-refractivity contribution >= 4 is 29.2 Å². The topological polar surface area (TPSA) is 81.7 Å². The zero-order valence-electron chi connectivity index (χ0n) is 19.5. The summed E-state index contributed by atoms with van der Waals surface area (Å²) < 4.78 is 0. The summed E-state index contributed by atoms with van der Waals surface area (Å²) >= 11 is 6.11. The largest absolute Gasteiger partial charge is 0.354 e. The SMILES string of the molecule is C[C@@H]1CCc2ncnc(N3CCN(C(=O)[C@@H](CN4CCNC(=O)C4)c4ccc(Cl)cc4)CC3)c21. The summed E-state index contributed by atoms with van der Waals surface area (Å²) in [5, 5.41) is 3.50. The van der Waals surface area contributed by atoms with Gasteiger partial charge in [-0.25, -0.2) is 9.97 Å². The van der Waals surface area contributed by atoms with Crippen molar-refractivity contribution in [1.29, 1.82) is 0 Å². The maximum Gasteiger partial charge on any atom is 0.234 e. The number of fused-ring (bicyclic) bond motifs is 1. The second-order valence-corrected chi connectivity index (χ2v) is 9.94. The van der Waals surface area contributed by atoms with Crippen molar-refractivity contribution in [2.75, 3.05) is 57.3 Å². The number of halogens is 1. The predicted molar refractivity (Wildman–Crippen MR) is 131 cm³/mol. The van der Waals surface area contributed by atoms with Crippen LogP contribution >= 0.6 is 11.6 Å². The molecule has 0 radical (unpaired) electrons. The molecule has 2 aromatic rings. The molecule has 2 amide bonds. The third kappa shape index (κ3) is 4.74. The standard InChI is InChI=1S/C25H31ClN6O2/c1-17-2-7-21-23(17)24(29-16-28-21)31-10-12-32(13-11-31)25(34)20(18-3-5-19(26)6-4-18)14-30-9-8-27-22(33)15-30/h3-6,16-17,20H,2,7-15H2,1H3,(H,27,33)/t17-,20+/m1/s1. The normalized spacial score (nSPS) is 21.8. The van der Waals surface area contributed by atoms with E-state index in [9.17, 15) is 9.59 Å². The zero-order chi connectivity index (χ0) is 23.7. The Bertz CT molecular complexity index is 1050. The van der Waals surface area contributed by atoms with Gasteiger partial charge in [0.25, 0.3) is 0 Å².